The molecule has 0 aliphatic carbocycles. The Kier molecular flexibility index (Phi) is 5.22. The van der Waals surface area contributed by atoms with Gasteiger partial charge in [0.25, 0.3) is 0 Å². The summed E-state index contributed by atoms with van der Waals surface area (Å²) < 4.78 is 6.69. The quantitative estimate of drug-likeness (QED) is 0.468. The summed E-state index contributed by atoms with van der Waals surface area (Å²) in [5.74, 6) is 1.70. The van der Waals surface area contributed by atoms with E-state index in [0.29, 0.717) is 6.61 Å². The summed E-state index contributed by atoms with van der Waals surface area (Å²) >= 11 is 5.03. The molecule has 1 aromatic carbocycles. The lowest BCUT2D eigenvalue weighted by molar-refractivity contribution is 0.343. The molecular formula is C14H15BrN2OS. The Morgan fingerprint density at radius 3 is 2.58 bits per heavy atom. The molecular weight excluding hydrogens is 324 g/mol. The Morgan fingerprint density at radius 2 is 1.89 bits per heavy atom. The highest BCUT2D eigenvalue weighted by Gasteiger charge is 2.01. The van der Waals surface area contributed by atoms with Crippen molar-refractivity contribution in [2.45, 2.75) is 19.0 Å². The van der Waals surface area contributed by atoms with Crippen molar-refractivity contribution in [3.05, 3.63) is 46.2 Å². The molecule has 0 aliphatic rings. The topological polar surface area (TPSA) is 35.0 Å². The molecule has 0 saturated carbocycles. The molecule has 0 aliphatic heterocycles. The van der Waals surface area contributed by atoms with Crippen molar-refractivity contribution < 1.29 is 4.74 Å². The zero-order chi connectivity index (χ0) is 13.7. The normalized spacial score (nSPS) is 10.5. The Morgan fingerprint density at radius 1 is 1.16 bits per heavy atom. The number of thioether (sulfide) groups is 1. The Hall–Kier alpha value is -1.07. The van der Waals surface area contributed by atoms with Gasteiger partial charge in [-0.05, 0) is 38.1 Å². The van der Waals surface area contributed by atoms with Gasteiger partial charge in [0.15, 0.2) is 5.16 Å². The molecule has 1 heterocycles. The first-order valence-corrected chi connectivity index (χ1v) is 7.75. The third kappa shape index (κ3) is 4.84. The second-order valence-corrected chi connectivity index (χ2v) is 6.07. The van der Waals surface area contributed by atoms with Crippen LogP contribution < -0.4 is 4.74 Å². The third-order valence-corrected chi connectivity index (χ3v) is 3.65. The van der Waals surface area contributed by atoms with Crippen LogP contribution in [0.5, 0.6) is 5.75 Å². The standard InChI is InChI=1S/C14H15BrN2OS/c1-10-8-11(2)17-14(16-10)19-7-6-18-13-5-3-4-12(15)9-13/h3-5,8-9H,6-7H2,1-2H3. The lowest BCUT2D eigenvalue weighted by atomic mass is 10.3. The first-order valence-electron chi connectivity index (χ1n) is 5.97. The van der Waals surface area contributed by atoms with Gasteiger partial charge in [-0.3, -0.25) is 0 Å². The molecule has 0 saturated heterocycles. The van der Waals surface area contributed by atoms with Crippen LogP contribution >= 0.6 is 27.7 Å². The molecule has 0 radical (unpaired) electrons. The van der Waals surface area contributed by atoms with Gasteiger partial charge in [0.05, 0.1) is 6.61 Å². The van der Waals surface area contributed by atoms with E-state index < -0.39 is 0 Å². The minimum Gasteiger partial charge on any atom is -0.493 e. The number of hydrogen-bond acceptors (Lipinski definition) is 4. The minimum atomic E-state index is 0.636. The molecule has 3 nitrogen and oxygen atoms in total. The summed E-state index contributed by atoms with van der Waals surface area (Å²) in [6, 6.07) is 9.81. The fourth-order valence-corrected chi connectivity index (χ4v) is 2.75. The Balaban J connectivity index is 1.80. The van der Waals surface area contributed by atoms with Crippen LogP contribution in [-0.4, -0.2) is 22.3 Å². The third-order valence-electron chi connectivity index (χ3n) is 2.34. The van der Waals surface area contributed by atoms with Crippen LogP contribution in [0.2, 0.25) is 0 Å². The van der Waals surface area contributed by atoms with Gasteiger partial charge >= 0.3 is 0 Å². The smallest absolute Gasteiger partial charge is 0.188 e. The molecule has 0 unspecified atom stereocenters. The fourth-order valence-electron chi connectivity index (χ4n) is 1.61. The zero-order valence-electron chi connectivity index (χ0n) is 10.9. The first kappa shape index (κ1) is 14.3. The van der Waals surface area contributed by atoms with Crippen molar-refractivity contribution in [1.82, 2.24) is 9.97 Å². The largest absolute Gasteiger partial charge is 0.493 e. The molecule has 0 amide bonds. The van der Waals surface area contributed by atoms with E-state index in [0.717, 1.165) is 32.5 Å². The van der Waals surface area contributed by atoms with E-state index in [1.807, 2.05) is 44.2 Å². The highest BCUT2D eigenvalue weighted by atomic mass is 79.9. The van der Waals surface area contributed by atoms with Crippen LogP contribution in [0.25, 0.3) is 0 Å². The summed E-state index contributed by atoms with van der Waals surface area (Å²) in [5, 5.41) is 0.815. The van der Waals surface area contributed by atoms with Crippen LogP contribution in [0.4, 0.5) is 0 Å². The molecule has 2 rings (SSSR count). The summed E-state index contributed by atoms with van der Waals surface area (Å²) in [7, 11) is 0. The van der Waals surface area contributed by atoms with Crippen molar-refractivity contribution in [3.8, 4) is 5.75 Å². The SMILES string of the molecule is Cc1cc(C)nc(SCCOc2cccc(Br)c2)n1. The maximum atomic E-state index is 5.66. The molecule has 0 atom stereocenters. The van der Waals surface area contributed by atoms with Gasteiger partial charge in [-0.25, -0.2) is 9.97 Å². The number of benzene rings is 1. The molecule has 0 bridgehead atoms. The van der Waals surface area contributed by atoms with Gasteiger partial charge in [0.1, 0.15) is 5.75 Å². The zero-order valence-corrected chi connectivity index (χ0v) is 13.3. The van der Waals surface area contributed by atoms with Crippen molar-refractivity contribution in [2.24, 2.45) is 0 Å². The Labute approximate surface area is 125 Å². The number of aromatic nitrogens is 2. The average molecular weight is 339 g/mol. The van der Waals surface area contributed by atoms with Crippen LogP contribution in [0.1, 0.15) is 11.4 Å². The lowest BCUT2D eigenvalue weighted by Gasteiger charge is -2.06. The van der Waals surface area contributed by atoms with Gasteiger partial charge in [-0.1, -0.05) is 33.8 Å². The van der Waals surface area contributed by atoms with Crippen LogP contribution in [0.15, 0.2) is 40.0 Å². The number of hydrogen-bond donors (Lipinski definition) is 0. The van der Waals surface area contributed by atoms with E-state index in [2.05, 4.69) is 25.9 Å². The number of nitrogens with zero attached hydrogens (tertiary/aromatic N) is 2. The second kappa shape index (κ2) is 6.91. The maximum Gasteiger partial charge on any atom is 0.188 e. The molecule has 0 N–H and O–H groups in total. The maximum absolute atomic E-state index is 5.66. The van der Waals surface area contributed by atoms with E-state index in [1.165, 1.54) is 0 Å². The van der Waals surface area contributed by atoms with Crippen LogP contribution in [0.3, 0.4) is 0 Å². The van der Waals surface area contributed by atoms with Crippen molar-refractivity contribution >= 4 is 27.7 Å². The van der Waals surface area contributed by atoms with Gasteiger partial charge in [-0.15, -0.1) is 0 Å². The monoisotopic (exact) mass is 338 g/mol. The van der Waals surface area contributed by atoms with Crippen LogP contribution in [0, 0.1) is 13.8 Å². The van der Waals surface area contributed by atoms with Gasteiger partial charge in [0.2, 0.25) is 0 Å². The van der Waals surface area contributed by atoms with Gasteiger partial charge in [0, 0.05) is 21.6 Å². The highest BCUT2D eigenvalue weighted by Crippen LogP contribution is 2.19. The molecule has 0 fully saturated rings. The number of ether oxygens (including phenoxy) is 1. The molecule has 0 spiro atoms. The molecule has 100 valence electrons. The fraction of sp³-hybridized carbons (Fsp3) is 0.286. The van der Waals surface area contributed by atoms with E-state index in [4.69, 9.17) is 4.74 Å². The summed E-state index contributed by atoms with van der Waals surface area (Å²) in [6.07, 6.45) is 0. The number of halogens is 1. The summed E-state index contributed by atoms with van der Waals surface area (Å²) in [4.78, 5) is 8.76. The molecule has 1 aromatic heterocycles. The second-order valence-electron chi connectivity index (χ2n) is 4.09. The molecule has 19 heavy (non-hydrogen) atoms. The number of rotatable bonds is 5. The minimum absolute atomic E-state index is 0.636. The van der Waals surface area contributed by atoms with E-state index >= 15 is 0 Å². The molecule has 5 heteroatoms. The first-order chi connectivity index (χ1) is 9.13. The summed E-state index contributed by atoms with van der Waals surface area (Å²) in [5.41, 5.74) is 2.01. The van der Waals surface area contributed by atoms with Gasteiger partial charge in [-0.2, -0.15) is 0 Å². The predicted octanol–water partition coefficient (Wildman–Crippen LogP) is 4.03. The van der Waals surface area contributed by atoms with E-state index in [9.17, 15) is 0 Å². The highest BCUT2D eigenvalue weighted by molar-refractivity contribution is 9.10. The summed E-state index contributed by atoms with van der Waals surface area (Å²) in [6.45, 7) is 4.60. The molecule has 2 aromatic rings. The van der Waals surface area contributed by atoms with Crippen LogP contribution in [-0.2, 0) is 0 Å². The van der Waals surface area contributed by atoms with E-state index in [1.54, 1.807) is 11.8 Å². The lowest BCUT2D eigenvalue weighted by Crippen LogP contribution is -2.01. The van der Waals surface area contributed by atoms with Crippen molar-refractivity contribution in [3.63, 3.8) is 0 Å². The average Bonchev–Trinajstić information content (AvgIpc) is 2.34. The Bertz CT molecular complexity index is 543. The van der Waals surface area contributed by atoms with Crippen molar-refractivity contribution in [1.29, 1.82) is 0 Å². The predicted molar refractivity (Wildman–Crippen MR) is 81.9 cm³/mol. The van der Waals surface area contributed by atoms with Gasteiger partial charge < -0.3 is 4.74 Å². The van der Waals surface area contributed by atoms with E-state index in [-0.39, 0.29) is 0 Å². The van der Waals surface area contributed by atoms with Crippen molar-refractivity contribution in [2.75, 3.05) is 12.4 Å². The number of aryl methyl sites for hydroxylation is 2.